The van der Waals surface area contributed by atoms with Gasteiger partial charge in [0, 0.05) is 26.2 Å². The molecule has 0 N–H and O–H groups in total. The first-order valence-electron chi connectivity index (χ1n) is 5.07. The molecule has 0 saturated heterocycles. The normalized spacial score (nSPS) is 16.2. The molecule has 0 spiro atoms. The maximum atomic E-state index is 5.43. The number of benzene rings is 1. The molecule has 1 aromatic rings. The molecule has 0 heterocycles. The van der Waals surface area contributed by atoms with E-state index in [0.29, 0.717) is 6.42 Å². The third-order valence-corrected chi connectivity index (χ3v) is 3.12. The maximum Gasteiger partial charge on any atom is 0.202 e. The molecule has 1 aromatic carbocycles. The Morgan fingerprint density at radius 2 is 1.50 bits per heavy atom. The number of methoxy groups -OCH3 is 4. The maximum absolute atomic E-state index is 5.43. The van der Waals surface area contributed by atoms with Crippen molar-refractivity contribution >= 4 is 0 Å². The fraction of sp³-hybridized carbons (Fsp3) is 0.500. The van der Waals surface area contributed by atoms with E-state index in [1.165, 1.54) is 0 Å². The Hall–Kier alpha value is -1.26. The standard InChI is InChI=1S/C12H16O4/c1-13-9-5-6-10(14-2)11-8(9)7-12(11,15-3)16-4/h5-6H,7H2,1-4H3. The molecule has 0 radical (unpaired) electrons. The lowest BCUT2D eigenvalue weighted by atomic mass is 9.80. The zero-order valence-electron chi connectivity index (χ0n) is 9.99. The number of hydrogen-bond donors (Lipinski definition) is 0. The van der Waals surface area contributed by atoms with Gasteiger partial charge >= 0.3 is 0 Å². The highest BCUT2D eigenvalue weighted by atomic mass is 16.7. The van der Waals surface area contributed by atoms with Gasteiger partial charge in [0.05, 0.1) is 19.8 Å². The van der Waals surface area contributed by atoms with Crippen molar-refractivity contribution in [2.75, 3.05) is 28.4 Å². The highest BCUT2D eigenvalue weighted by Crippen LogP contribution is 2.51. The summed E-state index contributed by atoms with van der Waals surface area (Å²) in [6.45, 7) is 0. The molecule has 0 aliphatic heterocycles. The quantitative estimate of drug-likeness (QED) is 0.729. The lowest BCUT2D eigenvalue weighted by Gasteiger charge is -2.42. The van der Waals surface area contributed by atoms with Crippen molar-refractivity contribution in [2.45, 2.75) is 12.2 Å². The van der Waals surface area contributed by atoms with E-state index in [0.717, 1.165) is 22.6 Å². The van der Waals surface area contributed by atoms with Crippen molar-refractivity contribution in [1.29, 1.82) is 0 Å². The highest BCUT2D eigenvalue weighted by molar-refractivity contribution is 5.57. The molecule has 1 aliphatic rings. The van der Waals surface area contributed by atoms with E-state index in [2.05, 4.69) is 0 Å². The average molecular weight is 224 g/mol. The molecule has 0 unspecified atom stereocenters. The summed E-state index contributed by atoms with van der Waals surface area (Å²) in [5.74, 6) is 0.932. The monoisotopic (exact) mass is 224 g/mol. The predicted molar refractivity (Wildman–Crippen MR) is 58.9 cm³/mol. The van der Waals surface area contributed by atoms with Crippen LogP contribution in [0.15, 0.2) is 12.1 Å². The zero-order valence-corrected chi connectivity index (χ0v) is 9.99. The lowest BCUT2D eigenvalue weighted by Crippen LogP contribution is -2.43. The minimum atomic E-state index is -0.685. The van der Waals surface area contributed by atoms with Gasteiger partial charge in [-0.1, -0.05) is 0 Å². The van der Waals surface area contributed by atoms with Crippen molar-refractivity contribution in [3.63, 3.8) is 0 Å². The van der Waals surface area contributed by atoms with Gasteiger partial charge in [-0.25, -0.2) is 0 Å². The Labute approximate surface area is 95.1 Å². The fourth-order valence-electron chi connectivity index (χ4n) is 2.21. The van der Waals surface area contributed by atoms with Gasteiger partial charge in [-0.15, -0.1) is 0 Å². The van der Waals surface area contributed by atoms with E-state index in [9.17, 15) is 0 Å². The molecule has 0 saturated carbocycles. The summed E-state index contributed by atoms with van der Waals surface area (Å²) in [4.78, 5) is 0. The van der Waals surface area contributed by atoms with E-state index in [4.69, 9.17) is 18.9 Å². The van der Waals surface area contributed by atoms with Crippen LogP contribution in [0.3, 0.4) is 0 Å². The topological polar surface area (TPSA) is 36.9 Å². The Bertz CT molecular complexity index is 396. The molecule has 2 rings (SSSR count). The van der Waals surface area contributed by atoms with E-state index in [1.54, 1.807) is 28.4 Å². The molecule has 0 fully saturated rings. The van der Waals surface area contributed by atoms with E-state index >= 15 is 0 Å². The second kappa shape index (κ2) is 3.96. The molecule has 0 aromatic heterocycles. The van der Waals surface area contributed by atoms with Crippen LogP contribution in [-0.4, -0.2) is 28.4 Å². The second-order valence-corrected chi connectivity index (χ2v) is 3.66. The Balaban J connectivity index is 2.54. The summed E-state index contributed by atoms with van der Waals surface area (Å²) in [7, 11) is 6.55. The van der Waals surface area contributed by atoms with Gasteiger partial charge in [-0.3, -0.25) is 0 Å². The minimum absolute atomic E-state index is 0.676. The number of fused-ring (bicyclic) bond motifs is 1. The summed E-state index contributed by atoms with van der Waals surface area (Å²) in [5, 5.41) is 0. The first-order chi connectivity index (χ1) is 7.72. The number of rotatable bonds is 4. The zero-order chi connectivity index (χ0) is 11.8. The molecule has 4 heteroatoms. The lowest BCUT2D eigenvalue weighted by molar-refractivity contribution is -0.232. The van der Waals surface area contributed by atoms with Crippen LogP contribution in [0.5, 0.6) is 11.5 Å². The molecular formula is C12H16O4. The van der Waals surface area contributed by atoms with Crippen LogP contribution in [0.2, 0.25) is 0 Å². The van der Waals surface area contributed by atoms with Gasteiger partial charge in [-0.2, -0.15) is 0 Å². The molecular weight excluding hydrogens is 208 g/mol. The molecule has 4 nitrogen and oxygen atoms in total. The predicted octanol–water partition coefficient (Wildman–Crippen LogP) is 1.71. The summed E-state index contributed by atoms with van der Waals surface area (Å²) in [6.07, 6.45) is 0.676. The third kappa shape index (κ3) is 1.30. The molecule has 1 aliphatic carbocycles. The van der Waals surface area contributed by atoms with Gasteiger partial charge in [-0.05, 0) is 12.1 Å². The smallest absolute Gasteiger partial charge is 0.202 e. The SMILES string of the molecule is COc1ccc(OC)c2c1CC2(OC)OC. The summed E-state index contributed by atoms with van der Waals surface area (Å²) < 4.78 is 21.5. The molecule has 88 valence electrons. The Morgan fingerprint density at radius 1 is 0.938 bits per heavy atom. The summed E-state index contributed by atoms with van der Waals surface area (Å²) in [5.41, 5.74) is 2.02. The van der Waals surface area contributed by atoms with E-state index < -0.39 is 5.79 Å². The van der Waals surface area contributed by atoms with Crippen molar-refractivity contribution in [2.24, 2.45) is 0 Å². The van der Waals surface area contributed by atoms with Gasteiger partial charge in [0.1, 0.15) is 11.5 Å². The van der Waals surface area contributed by atoms with Gasteiger partial charge in [0.25, 0.3) is 0 Å². The van der Waals surface area contributed by atoms with Crippen LogP contribution >= 0.6 is 0 Å². The molecule has 0 atom stereocenters. The van der Waals surface area contributed by atoms with Crippen LogP contribution in [0, 0.1) is 0 Å². The van der Waals surface area contributed by atoms with Crippen molar-refractivity contribution in [3.05, 3.63) is 23.3 Å². The Morgan fingerprint density at radius 3 is 2.00 bits per heavy atom. The van der Waals surface area contributed by atoms with Crippen LogP contribution in [0.4, 0.5) is 0 Å². The molecule has 16 heavy (non-hydrogen) atoms. The fourth-order valence-corrected chi connectivity index (χ4v) is 2.21. The largest absolute Gasteiger partial charge is 0.496 e. The number of ether oxygens (including phenoxy) is 4. The Kier molecular flexibility index (Phi) is 2.78. The summed E-state index contributed by atoms with van der Waals surface area (Å²) >= 11 is 0. The van der Waals surface area contributed by atoms with E-state index in [1.807, 2.05) is 12.1 Å². The molecule has 0 amide bonds. The minimum Gasteiger partial charge on any atom is -0.496 e. The first kappa shape index (κ1) is 11.2. The van der Waals surface area contributed by atoms with Gasteiger partial charge < -0.3 is 18.9 Å². The number of hydrogen-bond acceptors (Lipinski definition) is 4. The van der Waals surface area contributed by atoms with Crippen LogP contribution < -0.4 is 9.47 Å². The van der Waals surface area contributed by atoms with Crippen molar-refractivity contribution in [1.82, 2.24) is 0 Å². The van der Waals surface area contributed by atoms with Crippen molar-refractivity contribution < 1.29 is 18.9 Å². The van der Waals surface area contributed by atoms with Crippen LogP contribution in [0.25, 0.3) is 0 Å². The highest BCUT2D eigenvalue weighted by Gasteiger charge is 2.48. The first-order valence-corrected chi connectivity index (χ1v) is 5.07. The van der Waals surface area contributed by atoms with Gasteiger partial charge in [0.2, 0.25) is 5.79 Å². The van der Waals surface area contributed by atoms with Crippen LogP contribution in [0.1, 0.15) is 11.1 Å². The van der Waals surface area contributed by atoms with E-state index in [-0.39, 0.29) is 0 Å². The third-order valence-electron chi connectivity index (χ3n) is 3.12. The average Bonchev–Trinajstić information content (AvgIpc) is 2.31. The summed E-state index contributed by atoms with van der Waals surface area (Å²) in [6, 6.07) is 3.76. The molecule has 0 bridgehead atoms. The van der Waals surface area contributed by atoms with Gasteiger partial charge in [0.15, 0.2) is 0 Å². The van der Waals surface area contributed by atoms with Crippen LogP contribution in [-0.2, 0) is 21.7 Å². The van der Waals surface area contributed by atoms with Crippen molar-refractivity contribution in [3.8, 4) is 11.5 Å². The second-order valence-electron chi connectivity index (χ2n) is 3.66.